The quantitative estimate of drug-likeness (QED) is 0.525. The van der Waals surface area contributed by atoms with Crippen LogP contribution in [0.5, 0.6) is 0 Å². The molecule has 0 bridgehead atoms. The van der Waals surface area contributed by atoms with Gasteiger partial charge in [0.05, 0.1) is 6.61 Å². The van der Waals surface area contributed by atoms with E-state index in [1.807, 2.05) is 41.5 Å². The van der Waals surface area contributed by atoms with E-state index in [0.29, 0.717) is 30.1 Å². The zero-order valence-electron chi connectivity index (χ0n) is 14.8. The zero-order chi connectivity index (χ0) is 17.4. The van der Waals surface area contributed by atoms with Crippen LogP contribution in [0.2, 0.25) is 0 Å². The van der Waals surface area contributed by atoms with E-state index in [1.54, 1.807) is 24.3 Å². The third-order valence-corrected chi connectivity index (χ3v) is 2.36. The highest BCUT2D eigenvalue weighted by molar-refractivity contribution is 6.01. The van der Waals surface area contributed by atoms with Crippen LogP contribution in [0.25, 0.3) is 0 Å². The highest BCUT2D eigenvalue weighted by atomic mass is 19.1. The lowest BCUT2D eigenvalue weighted by molar-refractivity contribution is 0.0998. The van der Waals surface area contributed by atoms with E-state index in [0.717, 1.165) is 6.42 Å². The molecule has 1 aromatic carbocycles. The van der Waals surface area contributed by atoms with E-state index >= 15 is 0 Å². The number of alkyl halides is 1. The molecular formula is C18H30FNO2. The van der Waals surface area contributed by atoms with Gasteiger partial charge in [-0.05, 0) is 31.0 Å². The minimum Gasteiger partial charge on any atom is -0.481 e. The van der Waals surface area contributed by atoms with Crippen molar-refractivity contribution in [2.45, 2.75) is 61.1 Å². The second-order valence-corrected chi connectivity index (χ2v) is 3.82. The summed E-state index contributed by atoms with van der Waals surface area (Å²) in [5.41, 5.74) is 0.995. The van der Waals surface area contributed by atoms with Gasteiger partial charge in [0, 0.05) is 12.0 Å². The van der Waals surface area contributed by atoms with Gasteiger partial charge in [-0.2, -0.15) is 4.99 Å². The lowest BCUT2D eigenvalue weighted by Crippen LogP contribution is -2.08. The summed E-state index contributed by atoms with van der Waals surface area (Å²) in [6.45, 7) is 11.8. The van der Waals surface area contributed by atoms with Crippen molar-refractivity contribution in [1.29, 1.82) is 0 Å². The number of halogens is 1. The number of ether oxygens (including phenoxy) is 1. The largest absolute Gasteiger partial charge is 0.481 e. The van der Waals surface area contributed by atoms with Crippen LogP contribution < -0.4 is 0 Å². The minimum absolute atomic E-state index is 0.350. The molecule has 0 fully saturated rings. The fourth-order valence-corrected chi connectivity index (χ4v) is 1.46. The third-order valence-electron chi connectivity index (χ3n) is 2.36. The van der Waals surface area contributed by atoms with E-state index in [9.17, 15) is 9.18 Å². The molecule has 0 spiro atoms. The Morgan fingerprint density at radius 2 is 1.64 bits per heavy atom. The molecular weight excluding hydrogens is 281 g/mol. The minimum atomic E-state index is -0.530. The third kappa shape index (κ3) is 9.27. The molecule has 1 aromatic rings. The van der Waals surface area contributed by atoms with Crippen LogP contribution in [-0.4, -0.2) is 18.4 Å². The van der Waals surface area contributed by atoms with Gasteiger partial charge >= 0.3 is 0 Å². The predicted octanol–water partition coefficient (Wildman–Crippen LogP) is 5.58. The standard InChI is InChI=1S/C14H18FNO2.2C2H6/c1-3-5-13(18-4-2)16-14(17)12-8-6-11(10-15)7-9-12;2*1-2/h6-9H,3-5,10H2,1-2H3;2*1-2H3. The molecule has 0 heterocycles. The Morgan fingerprint density at radius 1 is 1.09 bits per heavy atom. The Kier molecular flexibility index (Phi) is 16.1. The summed E-state index contributed by atoms with van der Waals surface area (Å²) in [6, 6.07) is 6.33. The second-order valence-electron chi connectivity index (χ2n) is 3.82. The molecule has 0 aliphatic heterocycles. The van der Waals surface area contributed by atoms with Crippen molar-refractivity contribution in [2.75, 3.05) is 6.61 Å². The monoisotopic (exact) mass is 311 g/mol. The number of hydrogen-bond donors (Lipinski definition) is 0. The first kappa shape index (κ1) is 22.6. The highest BCUT2D eigenvalue weighted by Crippen LogP contribution is 2.08. The van der Waals surface area contributed by atoms with Crippen molar-refractivity contribution in [2.24, 2.45) is 4.99 Å². The normalized spacial score (nSPS) is 9.86. The SMILES string of the molecule is CC.CC.CCCC(=NC(=O)c1ccc(CF)cc1)OCC. The molecule has 3 nitrogen and oxygen atoms in total. The molecule has 1 rings (SSSR count). The summed E-state index contributed by atoms with van der Waals surface area (Å²) in [5, 5.41) is 0. The lowest BCUT2D eigenvalue weighted by atomic mass is 10.1. The maximum atomic E-state index is 12.3. The number of carbonyl (C=O) groups is 1. The number of nitrogens with zero attached hydrogens (tertiary/aromatic N) is 1. The van der Waals surface area contributed by atoms with E-state index in [-0.39, 0.29) is 5.91 Å². The van der Waals surface area contributed by atoms with Gasteiger partial charge in [0.25, 0.3) is 5.91 Å². The molecule has 0 unspecified atom stereocenters. The zero-order valence-corrected chi connectivity index (χ0v) is 14.8. The highest BCUT2D eigenvalue weighted by Gasteiger charge is 2.07. The van der Waals surface area contributed by atoms with Gasteiger partial charge in [-0.15, -0.1) is 0 Å². The topological polar surface area (TPSA) is 38.7 Å². The molecule has 0 aromatic heterocycles. The Hall–Kier alpha value is -1.71. The Labute approximate surface area is 134 Å². The molecule has 0 radical (unpaired) electrons. The second kappa shape index (κ2) is 15.7. The number of amides is 1. The summed E-state index contributed by atoms with van der Waals surface area (Å²) < 4.78 is 17.6. The number of carbonyl (C=O) groups excluding carboxylic acids is 1. The predicted molar refractivity (Wildman–Crippen MR) is 92.2 cm³/mol. The van der Waals surface area contributed by atoms with Crippen LogP contribution >= 0.6 is 0 Å². The van der Waals surface area contributed by atoms with Crippen LogP contribution in [0.1, 0.15) is 70.3 Å². The molecule has 0 saturated carbocycles. The molecule has 1 amide bonds. The number of hydrogen-bond acceptors (Lipinski definition) is 2. The van der Waals surface area contributed by atoms with Crippen LogP contribution in [-0.2, 0) is 11.4 Å². The average molecular weight is 311 g/mol. The maximum Gasteiger partial charge on any atom is 0.279 e. The summed E-state index contributed by atoms with van der Waals surface area (Å²) in [6.07, 6.45) is 1.51. The van der Waals surface area contributed by atoms with E-state index in [4.69, 9.17) is 4.74 Å². The smallest absolute Gasteiger partial charge is 0.279 e. The first-order valence-corrected chi connectivity index (χ1v) is 8.10. The lowest BCUT2D eigenvalue weighted by Gasteiger charge is -2.05. The molecule has 4 heteroatoms. The number of aliphatic imine (C=N–C) groups is 1. The van der Waals surface area contributed by atoms with Crippen molar-refractivity contribution in [3.05, 3.63) is 35.4 Å². The van der Waals surface area contributed by atoms with Crippen LogP contribution in [0.15, 0.2) is 29.3 Å². The first-order valence-electron chi connectivity index (χ1n) is 8.10. The Morgan fingerprint density at radius 3 is 2.05 bits per heavy atom. The van der Waals surface area contributed by atoms with Crippen LogP contribution in [0, 0.1) is 0 Å². The van der Waals surface area contributed by atoms with Gasteiger partial charge < -0.3 is 4.74 Å². The Bertz CT molecular complexity index is 406. The van der Waals surface area contributed by atoms with E-state index < -0.39 is 6.67 Å². The molecule has 0 saturated heterocycles. The summed E-state index contributed by atoms with van der Waals surface area (Å²) in [7, 11) is 0. The molecule has 0 N–H and O–H groups in total. The summed E-state index contributed by atoms with van der Waals surface area (Å²) >= 11 is 0. The average Bonchev–Trinajstić information content (AvgIpc) is 2.59. The van der Waals surface area contributed by atoms with Crippen molar-refractivity contribution in [1.82, 2.24) is 0 Å². The van der Waals surface area contributed by atoms with Crippen molar-refractivity contribution < 1.29 is 13.9 Å². The number of benzene rings is 1. The van der Waals surface area contributed by atoms with Crippen LogP contribution in [0.4, 0.5) is 4.39 Å². The number of rotatable bonds is 5. The molecule has 22 heavy (non-hydrogen) atoms. The van der Waals surface area contributed by atoms with Gasteiger partial charge in [-0.1, -0.05) is 46.8 Å². The molecule has 126 valence electrons. The fourth-order valence-electron chi connectivity index (χ4n) is 1.46. The summed E-state index contributed by atoms with van der Waals surface area (Å²) in [4.78, 5) is 15.8. The van der Waals surface area contributed by atoms with Gasteiger partial charge in [-0.25, -0.2) is 4.39 Å². The van der Waals surface area contributed by atoms with E-state index in [1.165, 1.54) is 0 Å². The van der Waals surface area contributed by atoms with Gasteiger partial charge in [0.1, 0.15) is 6.67 Å². The Balaban J connectivity index is 0. The van der Waals surface area contributed by atoms with Crippen molar-refractivity contribution in [3.8, 4) is 0 Å². The van der Waals surface area contributed by atoms with Gasteiger partial charge in [0.2, 0.25) is 0 Å². The first-order chi connectivity index (χ1) is 10.7. The summed E-state index contributed by atoms with van der Waals surface area (Å²) in [5.74, 6) is 0.108. The van der Waals surface area contributed by atoms with Crippen molar-refractivity contribution in [3.63, 3.8) is 0 Å². The van der Waals surface area contributed by atoms with Gasteiger partial charge in [0.15, 0.2) is 5.90 Å². The maximum absolute atomic E-state index is 12.3. The fraction of sp³-hybridized carbons (Fsp3) is 0.556. The molecule has 0 atom stereocenters. The molecule has 0 aliphatic carbocycles. The van der Waals surface area contributed by atoms with E-state index in [2.05, 4.69) is 4.99 Å². The molecule has 0 aliphatic rings. The van der Waals surface area contributed by atoms with Crippen molar-refractivity contribution >= 4 is 11.8 Å². The van der Waals surface area contributed by atoms with Crippen LogP contribution in [0.3, 0.4) is 0 Å². The van der Waals surface area contributed by atoms with Gasteiger partial charge in [-0.3, -0.25) is 4.79 Å².